The highest BCUT2D eigenvalue weighted by Gasteiger charge is 2.35. The summed E-state index contributed by atoms with van der Waals surface area (Å²) in [7, 11) is 5.74. The molecule has 0 amide bonds. The van der Waals surface area contributed by atoms with Gasteiger partial charge in [0.25, 0.3) is 0 Å². The second-order valence-electron chi connectivity index (χ2n) is 6.35. The van der Waals surface area contributed by atoms with Gasteiger partial charge in [0.1, 0.15) is 34.1 Å². The lowest BCUT2D eigenvalue weighted by Gasteiger charge is -2.20. The molecule has 0 bridgehead atoms. The summed E-state index contributed by atoms with van der Waals surface area (Å²) < 4.78 is 32.3. The lowest BCUT2D eigenvalue weighted by Crippen LogP contribution is -2.26. The van der Waals surface area contributed by atoms with Crippen LogP contribution in [-0.4, -0.2) is 46.2 Å². The molecule has 0 heterocycles. The van der Waals surface area contributed by atoms with Crippen molar-refractivity contribution in [2.24, 2.45) is 5.92 Å². The number of hydrogen-bond acceptors (Lipinski definition) is 7. The molecule has 8 heteroatoms. The molecule has 0 fully saturated rings. The Balaban J connectivity index is 2.59. The van der Waals surface area contributed by atoms with Crippen molar-refractivity contribution >= 4 is 20.0 Å². The van der Waals surface area contributed by atoms with Gasteiger partial charge in [-0.2, -0.15) is 0 Å². The zero-order valence-electron chi connectivity index (χ0n) is 17.5. The number of methoxy groups -OCH3 is 4. The molecule has 0 N–H and O–H groups in total. The van der Waals surface area contributed by atoms with Crippen molar-refractivity contribution in [3.8, 4) is 23.0 Å². The fourth-order valence-corrected chi connectivity index (χ4v) is 3.59. The zero-order chi connectivity index (χ0) is 22.1. The maximum atomic E-state index is 13.6. The predicted octanol–water partition coefficient (Wildman–Crippen LogP) is 4.47. The summed E-state index contributed by atoms with van der Waals surface area (Å²) in [6, 6.07) is 9.94. The molecular formula is C22H25O7P. The van der Waals surface area contributed by atoms with Crippen LogP contribution < -0.4 is 18.9 Å². The number of Topliss-reactive ketones (excluding diaryl/α,β-unsaturated/α-hetero) is 2. The van der Waals surface area contributed by atoms with Gasteiger partial charge in [-0.05, 0) is 37.1 Å². The maximum absolute atomic E-state index is 13.6. The number of carbonyl (C=O) groups excluding carboxylic acids is 2. The van der Waals surface area contributed by atoms with E-state index in [9.17, 15) is 14.2 Å². The first-order valence-corrected chi connectivity index (χ1v) is 10.3. The normalized spacial score (nSPS) is 10.7. The molecule has 2 rings (SSSR count). The summed E-state index contributed by atoms with van der Waals surface area (Å²) in [5.41, 5.74) is 0.378. The Morgan fingerprint density at radius 3 is 1.43 bits per heavy atom. The van der Waals surface area contributed by atoms with Crippen molar-refractivity contribution in [1.29, 1.82) is 0 Å². The smallest absolute Gasteiger partial charge is 0.181 e. The zero-order valence-corrected chi connectivity index (χ0v) is 18.4. The van der Waals surface area contributed by atoms with Crippen LogP contribution in [0.4, 0.5) is 0 Å². The number of benzene rings is 2. The monoisotopic (exact) mass is 432 g/mol. The molecule has 0 saturated heterocycles. The highest BCUT2D eigenvalue weighted by molar-refractivity contribution is 7.23. The van der Waals surface area contributed by atoms with Gasteiger partial charge in [-0.3, -0.25) is 14.2 Å². The molecule has 7 nitrogen and oxygen atoms in total. The first-order chi connectivity index (χ1) is 14.5. The summed E-state index contributed by atoms with van der Waals surface area (Å²) in [5.74, 6) is -0.689. The SMILES string of the molecule is COc1cccc(OC)c1C(=O)C(CCCP=O)C(=O)c1c(OC)cccc1OC. The van der Waals surface area contributed by atoms with E-state index in [0.717, 1.165) is 0 Å². The molecule has 0 radical (unpaired) electrons. The van der Waals surface area contributed by atoms with Crippen LogP contribution in [-0.2, 0) is 4.57 Å². The van der Waals surface area contributed by atoms with Crippen LogP contribution >= 0.6 is 8.46 Å². The summed E-state index contributed by atoms with van der Waals surface area (Å²) in [6.07, 6.45) is 0.959. The first kappa shape index (κ1) is 23.4. The van der Waals surface area contributed by atoms with E-state index < -0.39 is 17.5 Å². The van der Waals surface area contributed by atoms with Gasteiger partial charge in [0.2, 0.25) is 0 Å². The van der Waals surface area contributed by atoms with Crippen molar-refractivity contribution in [2.75, 3.05) is 34.6 Å². The number of hydrogen-bond donors (Lipinski definition) is 0. The van der Waals surface area contributed by atoms with Gasteiger partial charge in [-0.15, -0.1) is 0 Å². The lowest BCUT2D eigenvalue weighted by atomic mass is 9.85. The van der Waals surface area contributed by atoms with Crippen molar-refractivity contribution in [3.05, 3.63) is 47.5 Å². The van der Waals surface area contributed by atoms with E-state index in [0.29, 0.717) is 35.6 Å². The van der Waals surface area contributed by atoms with Crippen molar-refractivity contribution in [3.63, 3.8) is 0 Å². The third-order valence-corrected chi connectivity index (χ3v) is 5.22. The van der Waals surface area contributed by atoms with E-state index >= 15 is 0 Å². The number of ketones is 2. The number of rotatable bonds is 12. The van der Waals surface area contributed by atoms with Gasteiger partial charge in [-0.1, -0.05) is 12.1 Å². The Bertz CT molecular complexity index is 798. The molecule has 0 aromatic heterocycles. The van der Waals surface area contributed by atoms with Crippen molar-refractivity contribution in [1.82, 2.24) is 0 Å². The molecule has 0 saturated carbocycles. The van der Waals surface area contributed by atoms with Crippen molar-refractivity contribution in [2.45, 2.75) is 12.8 Å². The minimum absolute atomic E-state index is 0.0425. The van der Waals surface area contributed by atoms with Crippen LogP contribution in [0, 0.1) is 5.92 Å². The second kappa shape index (κ2) is 11.3. The van der Waals surface area contributed by atoms with Crippen molar-refractivity contribution < 1.29 is 33.1 Å². The highest BCUT2D eigenvalue weighted by Crippen LogP contribution is 2.36. The molecule has 0 aliphatic heterocycles. The average molecular weight is 432 g/mol. The molecule has 0 spiro atoms. The number of carbonyl (C=O) groups is 2. The first-order valence-electron chi connectivity index (χ1n) is 9.33. The van der Waals surface area contributed by atoms with E-state index in [2.05, 4.69) is 0 Å². The molecule has 0 aliphatic carbocycles. The van der Waals surface area contributed by atoms with E-state index in [1.54, 1.807) is 36.4 Å². The van der Waals surface area contributed by atoms with Gasteiger partial charge < -0.3 is 18.9 Å². The Labute approximate surface area is 177 Å². The summed E-state index contributed by atoms with van der Waals surface area (Å²) in [6.45, 7) is 0. The lowest BCUT2D eigenvalue weighted by molar-refractivity contribution is 0.0792. The molecule has 160 valence electrons. The van der Waals surface area contributed by atoms with Crippen LogP contribution in [0.1, 0.15) is 33.6 Å². The maximum Gasteiger partial charge on any atom is 0.181 e. The average Bonchev–Trinajstić information content (AvgIpc) is 2.79. The fraction of sp³-hybridized carbons (Fsp3) is 0.364. The largest absolute Gasteiger partial charge is 0.496 e. The summed E-state index contributed by atoms with van der Waals surface area (Å²) >= 11 is 0. The van der Waals surface area contributed by atoms with E-state index in [1.165, 1.54) is 28.4 Å². The van der Waals surface area contributed by atoms with Gasteiger partial charge in [0.15, 0.2) is 20.0 Å². The Morgan fingerprint density at radius 2 is 1.13 bits per heavy atom. The second-order valence-corrected chi connectivity index (χ2v) is 7.06. The Hall–Kier alpha value is -2.92. The van der Waals surface area contributed by atoms with Crippen LogP contribution in [0.2, 0.25) is 0 Å². The van der Waals surface area contributed by atoms with Crippen LogP contribution in [0.3, 0.4) is 0 Å². The van der Waals surface area contributed by atoms with E-state index in [1.807, 2.05) is 0 Å². The summed E-state index contributed by atoms with van der Waals surface area (Å²) in [4.78, 5) is 27.1. The third kappa shape index (κ3) is 4.97. The van der Waals surface area contributed by atoms with Crippen LogP contribution in [0.15, 0.2) is 36.4 Å². The minimum Gasteiger partial charge on any atom is -0.496 e. The molecule has 2 aromatic rings. The van der Waals surface area contributed by atoms with Crippen LogP contribution in [0.25, 0.3) is 0 Å². The molecule has 30 heavy (non-hydrogen) atoms. The Morgan fingerprint density at radius 1 is 0.767 bits per heavy atom. The van der Waals surface area contributed by atoms with Gasteiger partial charge in [0.05, 0.1) is 34.4 Å². The molecule has 2 aromatic carbocycles. The quantitative estimate of drug-likeness (QED) is 0.212. The van der Waals surface area contributed by atoms with E-state index in [-0.39, 0.29) is 26.0 Å². The highest BCUT2D eigenvalue weighted by atomic mass is 31.1. The topological polar surface area (TPSA) is 88.1 Å². The third-order valence-electron chi connectivity index (χ3n) is 4.72. The standard InChI is InChI=1S/C22H25O7P/c1-26-15-9-5-10-16(27-2)19(15)21(23)14(8-7-13-30-25)22(24)20-17(28-3)11-6-12-18(20)29-4/h5-6,9-12,14H,7-8,13H2,1-4H3. The van der Waals surface area contributed by atoms with Gasteiger partial charge in [0, 0.05) is 6.16 Å². The molecular weight excluding hydrogens is 407 g/mol. The Kier molecular flexibility index (Phi) is 8.81. The predicted molar refractivity (Wildman–Crippen MR) is 113 cm³/mol. The number of ether oxygens (including phenoxy) is 4. The molecule has 0 atom stereocenters. The van der Waals surface area contributed by atoms with Gasteiger partial charge in [-0.25, -0.2) is 0 Å². The van der Waals surface area contributed by atoms with E-state index in [4.69, 9.17) is 18.9 Å². The minimum atomic E-state index is -1.05. The molecule has 0 unspecified atom stereocenters. The fourth-order valence-electron chi connectivity index (χ4n) is 3.28. The molecule has 0 aliphatic rings. The van der Waals surface area contributed by atoms with Gasteiger partial charge >= 0.3 is 0 Å². The summed E-state index contributed by atoms with van der Waals surface area (Å²) in [5, 5.41) is 0. The van der Waals surface area contributed by atoms with Crippen LogP contribution in [0.5, 0.6) is 23.0 Å².